The lowest BCUT2D eigenvalue weighted by molar-refractivity contribution is -0.136. The van der Waals surface area contributed by atoms with E-state index in [0.717, 1.165) is 51.7 Å². The largest absolute Gasteiger partial charge is 0.378 e. The predicted octanol–water partition coefficient (Wildman–Crippen LogP) is 2.10. The molecule has 3 rings (SSSR count). The fourth-order valence-corrected chi connectivity index (χ4v) is 3.67. The van der Waals surface area contributed by atoms with E-state index >= 15 is 0 Å². The average molecular weight is 322 g/mol. The van der Waals surface area contributed by atoms with Crippen LogP contribution in [-0.4, -0.2) is 48.6 Å². The van der Waals surface area contributed by atoms with Crippen molar-refractivity contribution in [3.05, 3.63) is 0 Å². The number of carbonyl (C=O) groups is 2. The number of ether oxygens (including phenoxy) is 1. The molecule has 0 aromatic heterocycles. The van der Waals surface area contributed by atoms with Gasteiger partial charge in [-0.15, -0.1) is 0 Å². The van der Waals surface area contributed by atoms with Crippen LogP contribution in [0, 0.1) is 11.3 Å². The first kappa shape index (κ1) is 16.7. The van der Waals surface area contributed by atoms with E-state index in [1.165, 1.54) is 0 Å². The lowest BCUT2D eigenvalue weighted by atomic mass is 9.89. The van der Waals surface area contributed by atoms with Crippen LogP contribution in [0.1, 0.15) is 58.8 Å². The Hall–Kier alpha value is -1.10. The Kier molecular flexibility index (Phi) is 4.95. The van der Waals surface area contributed by atoms with Gasteiger partial charge in [0.2, 0.25) is 11.8 Å². The highest BCUT2D eigenvalue weighted by atomic mass is 16.5. The molecule has 2 atom stereocenters. The zero-order chi connectivity index (χ0) is 16.4. The second kappa shape index (κ2) is 6.80. The normalized spacial score (nSPS) is 30.3. The van der Waals surface area contributed by atoms with Crippen molar-refractivity contribution in [3.8, 4) is 0 Å². The van der Waals surface area contributed by atoms with Crippen LogP contribution in [0.25, 0.3) is 0 Å². The lowest BCUT2D eigenvalue weighted by Crippen LogP contribution is -2.46. The van der Waals surface area contributed by atoms with E-state index in [4.69, 9.17) is 4.74 Å². The van der Waals surface area contributed by atoms with E-state index in [2.05, 4.69) is 19.2 Å². The Bertz CT molecular complexity index is 459. The zero-order valence-corrected chi connectivity index (χ0v) is 14.5. The first-order valence-electron chi connectivity index (χ1n) is 9.13. The summed E-state index contributed by atoms with van der Waals surface area (Å²) in [6.45, 7) is 6.60. The summed E-state index contributed by atoms with van der Waals surface area (Å²) in [6, 6.07) is 0.399. The average Bonchev–Trinajstić information content (AvgIpc) is 3.27. The van der Waals surface area contributed by atoms with Crippen molar-refractivity contribution in [3.63, 3.8) is 0 Å². The molecular weight excluding hydrogens is 292 g/mol. The van der Waals surface area contributed by atoms with Crippen LogP contribution in [0.4, 0.5) is 0 Å². The molecule has 1 aliphatic carbocycles. The van der Waals surface area contributed by atoms with Crippen molar-refractivity contribution in [1.29, 1.82) is 0 Å². The number of nitrogens with zero attached hydrogens (tertiary/aromatic N) is 1. The van der Waals surface area contributed by atoms with Crippen LogP contribution in [-0.2, 0) is 14.3 Å². The molecule has 2 saturated heterocycles. The maximum absolute atomic E-state index is 12.5. The quantitative estimate of drug-likeness (QED) is 0.843. The molecule has 5 nitrogen and oxygen atoms in total. The van der Waals surface area contributed by atoms with Crippen molar-refractivity contribution in [2.45, 2.75) is 70.9 Å². The molecule has 0 spiro atoms. The van der Waals surface area contributed by atoms with E-state index in [-0.39, 0.29) is 29.3 Å². The van der Waals surface area contributed by atoms with E-state index in [1.807, 2.05) is 4.90 Å². The molecule has 0 aromatic carbocycles. The summed E-state index contributed by atoms with van der Waals surface area (Å²) in [6.07, 6.45) is 6.65. The molecule has 0 bridgehead atoms. The number of hydrogen-bond donors (Lipinski definition) is 1. The van der Waals surface area contributed by atoms with Gasteiger partial charge >= 0.3 is 0 Å². The monoisotopic (exact) mass is 322 g/mol. The van der Waals surface area contributed by atoms with Gasteiger partial charge in [0.25, 0.3) is 0 Å². The summed E-state index contributed by atoms with van der Waals surface area (Å²) in [5.41, 5.74) is 0.241. The Labute approximate surface area is 139 Å². The molecule has 2 aliphatic heterocycles. The number of carbonyl (C=O) groups excluding carboxylic acids is 2. The zero-order valence-electron chi connectivity index (χ0n) is 14.5. The van der Waals surface area contributed by atoms with Crippen LogP contribution in [0.15, 0.2) is 0 Å². The molecule has 3 fully saturated rings. The van der Waals surface area contributed by atoms with E-state index in [9.17, 15) is 9.59 Å². The van der Waals surface area contributed by atoms with Gasteiger partial charge < -0.3 is 15.0 Å². The third kappa shape index (κ3) is 4.69. The first-order valence-corrected chi connectivity index (χ1v) is 9.13. The number of rotatable bonds is 5. The second-order valence-electron chi connectivity index (χ2n) is 8.30. The Morgan fingerprint density at radius 1 is 1.26 bits per heavy atom. The number of hydrogen-bond acceptors (Lipinski definition) is 3. The summed E-state index contributed by atoms with van der Waals surface area (Å²) in [5, 5.41) is 3.07. The van der Waals surface area contributed by atoms with Crippen molar-refractivity contribution < 1.29 is 14.3 Å². The van der Waals surface area contributed by atoms with Crippen molar-refractivity contribution in [1.82, 2.24) is 10.2 Å². The molecular formula is C18H30N2O3. The lowest BCUT2D eigenvalue weighted by Gasteiger charge is -2.32. The van der Waals surface area contributed by atoms with Crippen LogP contribution in [0.3, 0.4) is 0 Å². The fourth-order valence-electron chi connectivity index (χ4n) is 3.67. The topological polar surface area (TPSA) is 58.6 Å². The molecule has 1 saturated carbocycles. The third-order valence-electron chi connectivity index (χ3n) is 5.24. The van der Waals surface area contributed by atoms with Crippen LogP contribution >= 0.6 is 0 Å². The van der Waals surface area contributed by atoms with Crippen molar-refractivity contribution in [2.24, 2.45) is 11.3 Å². The standard InChI is InChI=1S/C18H30N2O3/c1-18(2)10-15(23-12-18)7-8-16(21)20-9-3-4-13(11-20)17(22)19-14-5-6-14/h13-15H,3-12H2,1-2H3,(H,19,22). The highest BCUT2D eigenvalue weighted by Gasteiger charge is 2.34. The fraction of sp³-hybridized carbons (Fsp3) is 0.889. The number of likely N-dealkylation sites (tertiary alicyclic amines) is 1. The molecule has 5 heteroatoms. The number of nitrogens with one attached hydrogen (secondary N) is 1. The van der Waals surface area contributed by atoms with Crippen LogP contribution < -0.4 is 5.32 Å². The second-order valence-corrected chi connectivity index (χ2v) is 8.30. The molecule has 3 aliphatic rings. The smallest absolute Gasteiger partial charge is 0.225 e. The molecule has 2 unspecified atom stereocenters. The van der Waals surface area contributed by atoms with Crippen molar-refractivity contribution in [2.75, 3.05) is 19.7 Å². The van der Waals surface area contributed by atoms with Gasteiger partial charge in [0.1, 0.15) is 0 Å². The third-order valence-corrected chi connectivity index (χ3v) is 5.24. The van der Waals surface area contributed by atoms with Gasteiger partial charge in [-0.1, -0.05) is 13.8 Å². The minimum Gasteiger partial charge on any atom is -0.378 e. The summed E-state index contributed by atoms with van der Waals surface area (Å²) >= 11 is 0. The van der Waals surface area contributed by atoms with E-state index in [1.54, 1.807) is 0 Å². The van der Waals surface area contributed by atoms with Gasteiger partial charge in [-0.25, -0.2) is 0 Å². The first-order chi connectivity index (χ1) is 10.9. The predicted molar refractivity (Wildman–Crippen MR) is 87.8 cm³/mol. The summed E-state index contributed by atoms with van der Waals surface area (Å²) in [5.74, 6) is 0.308. The molecule has 0 aromatic rings. The number of piperidine rings is 1. The van der Waals surface area contributed by atoms with E-state index < -0.39 is 0 Å². The minimum atomic E-state index is -0.0186. The Morgan fingerprint density at radius 2 is 2.04 bits per heavy atom. The van der Waals surface area contributed by atoms with Gasteiger partial charge in [-0.3, -0.25) is 9.59 Å². The molecule has 0 radical (unpaired) electrons. The van der Waals surface area contributed by atoms with E-state index in [0.29, 0.717) is 19.0 Å². The van der Waals surface area contributed by atoms with Gasteiger partial charge in [-0.05, 0) is 43.9 Å². The molecule has 2 amide bonds. The summed E-state index contributed by atoms with van der Waals surface area (Å²) in [7, 11) is 0. The maximum atomic E-state index is 12.5. The Morgan fingerprint density at radius 3 is 2.70 bits per heavy atom. The van der Waals surface area contributed by atoms with Crippen LogP contribution in [0.2, 0.25) is 0 Å². The summed E-state index contributed by atoms with van der Waals surface area (Å²) < 4.78 is 5.78. The molecule has 23 heavy (non-hydrogen) atoms. The van der Waals surface area contributed by atoms with Gasteiger partial charge in [0.15, 0.2) is 0 Å². The highest BCUT2D eigenvalue weighted by molar-refractivity contribution is 5.81. The summed E-state index contributed by atoms with van der Waals surface area (Å²) in [4.78, 5) is 26.5. The molecule has 130 valence electrons. The van der Waals surface area contributed by atoms with Gasteiger partial charge in [0, 0.05) is 25.6 Å². The van der Waals surface area contributed by atoms with Crippen molar-refractivity contribution >= 4 is 11.8 Å². The maximum Gasteiger partial charge on any atom is 0.225 e. The SMILES string of the molecule is CC1(C)COC(CCC(=O)N2CCCC(C(=O)NC3CC3)C2)C1. The molecule has 1 N–H and O–H groups in total. The molecule has 2 heterocycles. The van der Waals surface area contributed by atoms with Gasteiger partial charge in [-0.2, -0.15) is 0 Å². The number of amides is 2. The van der Waals surface area contributed by atoms with Crippen LogP contribution in [0.5, 0.6) is 0 Å². The van der Waals surface area contributed by atoms with Gasteiger partial charge in [0.05, 0.1) is 18.6 Å². The Balaban J connectivity index is 1.42. The minimum absolute atomic E-state index is 0.0186. The highest BCUT2D eigenvalue weighted by Crippen LogP contribution is 2.33.